The van der Waals surface area contributed by atoms with E-state index >= 15 is 0 Å². The minimum atomic E-state index is -3.30. The smallest absolute Gasteiger partial charge is 0.331 e. The quantitative estimate of drug-likeness (QED) is 0.606. The normalized spacial score (nSPS) is 11.4. The van der Waals surface area contributed by atoms with Crippen molar-refractivity contribution in [3.8, 4) is 11.1 Å². The average molecular weight is 433 g/mol. The molecule has 1 aromatic carbocycles. The predicted octanol–water partition coefficient (Wildman–Crippen LogP) is 1.08. The molecule has 0 saturated carbocycles. The predicted molar refractivity (Wildman–Crippen MR) is 102 cm³/mol. The number of hydrogen-bond donors (Lipinski definition) is 0. The maximum absolute atomic E-state index is 13.8. The van der Waals surface area contributed by atoms with E-state index in [1.807, 2.05) is 0 Å². The van der Waals surface area contributed by atoms with Gasteiger partial charge in [-0.25, -0.2) is 17.6 Å². The lowest BCUT2D eigenvalue weighted by Crippen LogP contribution is -2.41. The molecule has 0 bridgehead atoms. The summed E-state index contributed by atoms with van der Waals surface area (Å²) >= 11 is 5.96. The van der Waals surface area contributed by atoms with Gasteiger partial charge in [-0.05, 0) is 12.5 Å². The molecular weight excluding hydrogens is 415 g/mol. The molecule has 0 radical (unpaired) electrons. The van der Waals surface area contributed by atoms with Crippen LogP contribution in [-0.2, 0) is 32.5 Å². The molecule has 0 aliphatic carbocycles. The molecule has 2 rings (SSSR count). The van der Waals surface area contributed by atoms with Crippen LogP contribution < -0.4 is 11.2 Å². The van der Waals surface area contributed by atoms with Crippen molar-refractivity contribution in [3.63, 3.8) is 0 Å². The number of esters is 1. The van der Waals surface area contributed by atoms with Crippen molar-refractivity contribution in [2.45, 2.75) is 19.5 Å². The number of hydrogen-bond acceptors (Lipinski definition) is 6. The molecule has 8 nitrogen and oxygen atoms in total. The largest absolute Gasteiger partial charge is 0.468 e. The molecule has 0 amide bonds. The van der Waals surface area contributed by atoms with Crippen LogP contribution >= 0.6 is 11.6 Å². The Morgan fingerprint density at radius 2 is 1.93 bits per heavy atom. The van der Waals surface area contributed by atoms with Crippen molar-refractivity contribution in [1.29, 1.82) is 0 Å². The molecule has 0 aliphatic heterocycles. The van der Waals surface area contributed by atoms with Crippen LogP contribution in [-0.4, -0.2) is 42.6 Å². The first-order valence-electron chi connectivity index (χ1n) is 8.08. The van der Waals surface area contributed by atoms with Gasteiger partial charge in [-0.1, -0.05) is 23.7 Å². The molecule has 0 N–H and O–H groups in total. The summed E-state index contributed by atoms with van der Waals surface area (Å²) < 4.78 is 42.7. The summed E-state index contributed by atoms with van der Waals surface area (Å²) in [5.41, 5.74) is -1.65. The first kappa shape index (κ1) is 21.8. The molecule has 0 fully saturated rings. The highest BCUT2D eigenvalue weighted by molar-refractivity contribution is 7.90. The third kappa shape index (κ3) is 5.08. The van der Waals surface area contributed by atoms with Gasteiger partial charge in [0.1, 0.15) is 22.2 Å². The molecule has 1 heterocycles. The second-order valence-corrected chi connectivity index (χ2v) is 8.71. The second-order valence-electron chi connectivity index (χ2n) is 6.07. The topological polar surface area (TPSA) is 104 Å². The van der Waals surface area contributed by atoms with Crippen LogP contribution in [0.3, 0.4) is 0 Å². The molecule has 0 aliphatic rings. The molecule has 0 atom stereocenters. The monoisotopic (exact) mass is 432 g/mol. The van der Waals surface area contributed by atoms with Crippen molar-refractivity contribution < 1.29 is 22.3 Å². The first-order chi connectivity index (χ1) is 13.0. The van der Waals surface area contributed by atoms with Crippen molar-refractivity contribution in [2.24, 2.45) is 0 Å². The average Bonchev–Trinajstić information content (AvgIpc) is 2.62. The van der Waals surface area contributed by atoms with E-state index in [2.05, 4.69) is 4.74 Å². The standard InChI is InChI=1S/C17H18ClFN2O6S/c1-27-14(22)10-20-9-12(11-5-3-6-13(19)15(11)18)16(23)21(17(20)24)7-4-8-28(2,25)26/h3,5-6,9H,4,7-8,10H2,1-2H3. The molecule has 28 heavy (non-hydrogen) atoms. The third-order valence-electron chi connectivity index (χ3n) is 3.90. The number of carbonyl (C=O) groups excluding carboxylic acids is 1. The van der Waals surface area contributed by atoms with Crippen LogP contribution in [0.4, 0.5) is 4.39 Å². The van der Waals surface area contributed by atoms with Crippen molar-refractivity contribution >= 4 is 27.4 Å². The minimum absolute atomic E-state index is 0.00649. The van der Waals surface area contributed by atoms with Crippen LogP contribution in [0, 0.1) is 5.82 Å². The van der Waals surface area contributed by atoms with Crippen molar-refractivity contribution in [2.75, 3.05) is 19.1 Å². The molecule has 0 spiro atoms. The van der Waals surface area contributed by atoms with Gasteiger partial charge in [0.25, 0.3) is 5.56 Å². The van der Waals surface area contributed by atoms with E-state index in [0.717, 1.165) is 34.8 Å². The Kier molecular flexibility index (Phi) is 6.78. The highest BCUT2D eigenvalue weighted by atomic mass is 35.5. The lowest BCUT2D eigenvalue weighted by atomic mass is 10.1. The number of methoxy groups -OCH3 is 1. The van der Waals surface area contributed by atoms with Gasteiger partial charge < -0.3 is 4.74 Å². The SMILES string of the molecule is COC(=O)Cn1cc(-c2cccc(F)c2Cl)c(=O)n(CCCS(C)(=O)=O)c1=O. The van der Waals surface area contributed by atoms with Crippen molar-refractivity contribution in [1.82, 2.24) is 9.13 Å². The minimum Gasteiger partial charge on any atom is -0.468 e. The Morgan fingerprint density at radius 1 is 1.25 bits per heavy atom. The van der Waals surface area contributed by atoms with Crippen LogP contribution in [0.5, 0.6) is 0 Å². The molecule has 0 saturated heterocycles. The third-order valence-corrected chi connectivity index (χ3v) is 5.32. The summed E-state index contributed by atoms with van der Waals surface area (Å²) in [4.78, 5) is 37.0. The first-order valence-corrected chi connectivity index (χ1v) is 10.5. The van der Waals surface area contributed by atoms with Gasteiger partial charge >= 0.3 is 11.7 Å². The molecule has 152 valence electrons. The van der Waals surface area contributed by atoms with Gasteiger partial charge in [0.05, 0.1) is 23.4 Å². The van der Waals surface area contributed by atoms with Gasteiger partial charge in [0, 0.05) is 24.6 Å². The number of halogens is 2. The fraction of sp³-hybridized carbons (Fsp3) is 0.353. The maximum Gasteiger partial charge on any atom is 0.331 e. The zero-order chi connectivity index (χ0) is 21.1. The summed E-state index contributed by atoms with van der Waals surface area (Å²) in [6.45, 7) is -0.686. The summed E-state index contributed by atoms with van der Waals surface area (Å²) in [5, 5.41) is -0.314. The van der Waals surface area contributed by atoms with Gasteiger partial charge in [0.15, 0.2) is 0 Å². The molecule has 11 heteroatoms. The van der Waals surface area contributed by atoms with Crippen LogP contribution in [0.15, 0.2) is 34.0 Å². The number of nitrogens with zero attached hydrogens (tertiary/aromatic N) is 2. The number of aromatic nitrogens is 2. The number of ether oxygens (including phenoxy) is 1. The lowest BCUT2D eigenvalue weighted by molar-refractivity contribution is -0.141. The number of benzene rings is 1. The van der Waals surface area contributed by atoms with E-state index in [0.29, 0.717) is 0 Å². The zero-order valence-corrected chi connectivity index (χ0v) is 16.7. The molecule has 1 aromatic heterocycles. The van der Waals surface area contributed by atoms with E-state index in [9.17, 15) is 27.2 Å². The van der Waals surface area contributed by atoms with Crippen LogP contribution in [0.25, 0.3) is 11.1 Å². The lowest BCUT2D eigenvalue weighted by Gasteiger charge is -2.13. The fourth-order valence-electron chi connectivity index (χ4n) is 2.55. The van der Waals surface area contributed by atoms with E-state index in [4.69, 9.17) is 11.6 Å². The number of rotatable bonds is 7. The van der Waals surface area contributed by atoms with Gasteiger partial charge in [-0.2, -0.15) is 0 Å². The van der Waals surface area contributed by atoms with E-state index in [-0.39, 0.29) is 34.9 Å². The Labute approximate surface area is 165 Å². The zero-order valence-electron chi connectivity index (χ0n) is 15.1. The molecular formula is C17H18ClFN2O6S. The maximum atomic E-state index is 13.8. The summed E-state index contributed by atoms with van der Waals surface area (Å²) in [6, 6.07) is 3.86. The summed E-state index contributed by atoms with van der Waals surface area (Å²) in [6.07, 6.45) is 2.15. The number of carbonyl (C=O) groups is 1. The summed E-state index contributed by atoms with van der Waals surface area (Å²) in [7, 11) is -2.16. The highest BCUT2D eigenvalue weighted by Gasteiger charge is 2.18. The van der Waals surface area contributed by atoms with E-state index < -0.39 is 39.4 Å². The van der Waals surface area contributed by atoms with Crippen LogP contribution in [0.1, 0.15) is 6.42 Å². The van der Waals surface area contributed by atoms with Crippen LogP contribution in [0.2, 0.25) is 5.02 Å². The molecule has 2 aromatic rings. The Hall–Kier alpha value is -2.46. The van der Waals surface area contributed by atoms with E-state index in [1.165, 1.54) is 12.1 Å². The Bertz CT molecular complexity index is 1120. The van der Waals surface area contributed by atoms with E-state index in [1.54, 1.807) is 0 Å². The highest BCUT2D eigenvalue weighted by Crippen LogP contribution is 2.27. The Balaban J connectivity index is 2.64. The Morgan fingerprint density at radius 3 is 2.54 bits per heavy atom. The second kappa shape index (κ2) is 8.70. The molecule has 0 unspecified atom stereocenters. The fourth-order valence-corrected chi connectivity index (χ4v) is 3.43. The van der Waals surface area contributed by atoms with Gasteiger partial charge in [-0.3, -0.25) is 18.7 Å². The van der Waals surface area contributed by atoms with Crippen molar-refractivity contribution in [3.05, 3.63) is 56.1 Å². The summed E-state index contributed by atoms with van der Waals surface area (Å²) in [5.74, 6) is -1.73. The van der Waals surface area contributed by atoms with Gasteiger partial charge in [-0.15, -0.1) is 0 Å². The van der Waals surface area contributed by atoms with Gasteiger partial charge in [0.2, 0.25) is 0 Å². The number of sulfone groups is 1.